The Bertz CT molecular complexity index is 838. The van der Waals surface area contributed by atoms with E-state index in [2.05, 4.69) is 20.6 Å². The number of aromatic nitrogens is 4. The van der Waals surface area contributed by atoms with Crippen molar-refractivity contribution >= 4 is 40.8 Å². The third-order valence-corrected chi connectivity index (χ3v) is 5.68. The minimum atomic E-state index is -0.341. The van der Waals surface area contributed by atoms with E-state index >= 15 is 0 Å². The third-order valence-electron chi connectivity index (χ3n) is 3.61. The maximum absolute atomic E-state index is 13.2. The molecule has 1 unspecified atom stereocenters. The highest BCUT2D eigenvalue weighted by Gasteiger charge is 2.31. The molecule has 1 aliphatic heterocycles. The summed E-state index contributed by atoms with van der Waals surface area (Å²) in [6.45, 7) is 1.86. The van der Waals surface area contributed by atoms with Gasteiger partial charge in [0.1, 0.15) is 0 Å². The van der Waals surface area contributed by atoms with E-state index in [1.807, 2.05) is 55.5 Å². The molecule has 4 rings (SSSR count). The number of rotatable bonds is 3. The van der Waals surface area contributed by atoms with Crippen LogP contribution in [0.4, 0.5) is 11.4 Å². The van der Waals surface area contributed by atoms with Crippen molar-refractivity contribution in [2.45, 2.75) is 27.1 Å². The van der Waals surface area contributed by atoms with Gasteiger partial charge in [-0.05, 0) is 36.4 Å². The van der Waals surface area contributed by atoms with E-state index in [4.69, 9.17) is 0 Å². The van der Waals surface area contributed by atoms with E-state index in [1.54, 1.807) is 16.7 Å². The Balaban J connectivity index is 1.72. The van der Waals surface area contributed by atoms with Crippen LogP contribution in [-0.4, -0.2) is 31.8 Å². The number of anilines is 2. The van der Waals surface area contributed by atoms with Crippen molar-refractivity contribution in [1.82, 2.24) is 20.6 Å². The highest BCUT2D eigenvalue weighted by atomic mass is 32.2. The number of fused-ring (bicyclic) bond motifs is 2. The molecule has 1 amide bonds. The lowest BCUT2D eigenvalue weighted by Crippen LogP contribution is -2.34. The van der Waals surface area contributed by atoms with Crippen LogP contribution in [0.2, 0.25) is 0 Å². The number of thioether (sulfide) groups is 1. The summed E-state index contributed by atoms with van der Waals surface area (Å²) < 4.78 is 0. The van der Waals surface area contributed by atoms with Gasteiger partial charge in [-0.3, -0.25) is 9.69 Å². The molecule has 1 aromatic heterocycles. The van der Waals surface area contributed by atoms with Gasteiger partial charge in [0.05, 0.1) is 16.6 Å². The third kappa shape index (κ3) is 2.67. The molecule has 120 valence electrons. The number of hydrogen-bond acceptors (Lipinski definition) is 6. The summed E-state index contributed by atoms with van der Waals surface area (Å²) in [5.41, 5.74) is 1.82. The number of nitrogens with zero attached hydrogens (tertiary/aromatic N) is 4. The van der Waals surface area contributed by atoms with Gasteiger partial charge in [-0.25, -0.2) is 0 Å². The van der Waals surface area contributed by atoms with Crippen LogP contribution in [0.15, 0.2) is 63.5 Å². The molecule has 0 aliphatic carbocycles. The summed E-state index contributed by atoms with van der Waals surface area (Å²) >= 11 is 2.97. The van der Waals surface area contributed by atoms with Gasteiger partial charge in [0.2, 0.25) is 11.1 Å². The second-order valence-electron chi connectivity index (χ2n) is 5.17. The largest absolute Gasteiger partial charge is 0.278 e. The van der Waals surface area contributed by atoms with Crippen LogP contribution in [-0.2, 0) is 4.79 Å². The molecule has 8 heteroatoms. The summed E-state index contributed by atoms with van der Waals surface area (Å²) in [6.07, 6.45) is 0. The van der Waals surface area contributed by atoms with Crippen LogP contribution in [0.5, 0.6) is 0 Å². The monoisotopic (exact) mass is 355 g/mol. The Kier molecular flexibility index (Phi) is 3.99. The fourth-order valence-electron chi connectivity index (χ4n) is 2.53. The number of carbonyl (C=O) groups excluding carboxylic acids is 1. The van der Waals surface area contributed by atoms with Gasteiger partial charge in [0, 0.05) is 9.79 Å². The fraction of sp³-hybridized carbons (Fsp3) is 0.125. The first-order valence-corrected chi connectivity index (χ1v) is 9.03. The predicted octanol–water partition coefficient (Wildman–Crippen LogP) is 3.51. The maximum Gasteiger partial charge on any atom is 0.244 e. The molecule has 0 saturated carbocycles. The van der Waals surface area contributed by atoms with Crippen molar-refractivity contribution in [3.8, 4) is 0 Å². The number of benzene rings is 2. The molecule has 3 aromatic rings. The Morgan fingerprint density at radius 2 is 1.75 bits per heavy atom. The first kappa shape index (κ1) is 15.2. The maximum atomic E-state index is 13.2. The molecule has 24 heavy (non-hydrogen) atoms. The van der Waals surface area contributed by atoms with E-state index in [0.717, 1.165) is 21.2 Å². The standard InChI is InChI=1S/C16H13N5OS2/c1-10(23-16-17-19-20-18-16)15(22)21-11-6-2-4-8-13(11)24-14-9-5-3-7-12(14)21/h2-10H,1H3,(H,17,18,19,20). The zero-order chi connectivity index (χ0) is 16.5. The molecule has 0 saturated heterocycles. The Labute approximate surface area is 147 Å². The van der Waals surface area contributed by atoms with Gasteiger partial charge >= 0.3 is 0 Å². The van der Waals surface area contributed by atoms with Gasteiger partial charge in [0.25, 0.3) is 0 Å². The highest BCUT2D eigenvalue weighted by Crippen LogP contribution is 2.48. The predicted molar refractivity (Wildman–Crippen MR) is 93.6 cm³/mol. The zero-order valence-electron chi connectivity index (χ0n) is 12.7. The molecule has 0 fully saturated rings. The molecular formula is C16H13N5OS2. The fourth-order valence-corrected chi connectivity index (χ4v) is 4.30. The van der Waals surface area contributed by atoms with Crippen LogP contribution in [0.25, 0.3) is 0 Å². The smallest absolute Gasteiger partial charge is 0.244 e. The average Bonchev–Trinajstić information content (AvgIpc) is 3.12. The lowest BCUT2D eigenvalue weighted by atomic mass is 10.2. The van der Waals surface area contributed by atoms with Gasteiger partial charge in [-0.15, -0.1) is 10.2 Å². The molecular weight excluding hydrogens is 342 g/mol. The molecule has 2 heterocycles. The number of H-pyrrole nitrogens is 1. The normalized spacial score (nSPS) is 14.0. The lowest BCUT2D eigenvalue weighted by Gasteiger charge is -2.32. The number of carbonyl (C=O) groups is 1. The molecule has 1 aliphatic rings. The van der Waals surface area contributed by atoms with Crippen LogP contribution in [0, 0.1) is 0 Å². The molecule has 1 atom stereocenters. The quantitative estimate of drug-likeness (QED) is 0.725. The molecule has 0 bridgehead atoms. The van der Waals surface area contributed by atoms with Crippen LogP contribution in [0.1, 0.15) is 6.92 Å². The highest BCUT2D eigenvalue weighted by molar-refractivity contribution is 8.00. The minimum Gasteiger partial charge on any atom is -0.278 e. The van der Waals surface area contributed by atoms with Gasteiger partial charge in [-0.1, -0.05) is 47.8 Å². The van der Waals surface area contributed by atoms with Crippen molar-refractivity contribution in [1.29, 1.82) is 0 Å². The summed E-state index contributed by atoms with van der Waals surface area (Å²) in [4.78, 5) is 17.1. The molecule has 2 aromatic carbocycles. The number of para-hydroxylation sites is 2. The Hall–Kier alpha value is -2.32. The minimum absolute atomic E-state index is 0.00926. The lowest BCUT2D eigenvalue weighted by molar-refractivity contribution is -0.117. The van der Waals surface area contributed by atoms with Crippen molar-refractivity contribution < 1.29 is 4.79 Å². The van der Waals surface area contributed by atoms with E-state index in [9.17, 15) is 4.79 Å². The zero-order valence-corrected chi connectivity index (χ0v) is 14.3. The van der Waals surface area contributed by atoms with Crippen molar-refractivity contribution in [3.05, 3.63) is 48.5 Å². The number of nitrogens with one attached hydrogen (secondary N) is 1. The van der Waals surface area contributed by atoms with Gasteiger partial charge in [-0.2, -0.15) is 5.21 Å². The van der Waals surface area contributed by atoms with E-state index in [1.165, 1.54) is 11.8 Å². The molecule has 6 nitrogen and oxygen atoms in total. The van der Waals surface area contributed by atoms with E-state index < -0.39 is 0 Å². The van der Waals surface area contributed by atoms with Crippen LogP contribution >= 0.6 is 23.5 Å². The summed E-state index contributed by atoms with van der Waals surface area (Å²) in [5.74, 6) is -0.00926. The molecule has 0 spiro atoms. The number of hydrogen-bond donors (Lipinski definition) is 1. The number of tetrazole rings is 1. The number of amides is 1. The van der Waals surface area contributed by atoms with Crippen molar-refractivity contribution in [3.63, 3.8) is 0 Å². The topological polar surface area (TPSA) is 74.8 Å². The Morgan fingerprint density at radius 1 is 1.12 bits per heavy atom. The molecule has 0 radical (unpaired) electrons. The first-order valence-electron chi connectivity index (χ1n) is 7.34. The first-order chi connectivity index (χ1) is 11.7. The van der Waals surface area contributed by atoms with Gasteiger partial charge < -0.3 is 0 Å². The molecule has 1 N–H and O–H groups in total. The van der Waals surface area contributed by atoms with Crippen LogP contribution < -0.4 is 4.90 Å². The average molecular weight is 355 g/mol. The van der Waals surface area contributed by atoms with E-state index in [0.29, 0.717) is 5.16 Å². The van der Waals surface area contributed by atoms with E-state index in [-0.39, 0.29) is 11.2 Å². The van der Waals surface area contributed by atoms with Crippen molar-refractivity contribution in [2.75, 3.05) is 4.90 Å². The van der Waals surface area contributed by atoms with Crippen LogP contribution in [0.3, 0.4) is 0 Å². The summed E-state index contributed by atoms with van der Waals surface area (Å²) in [7, 11) is 0. The number of aromatic amines is 1. The summed E-state index contributed by atoms with van der Waals surface area (Å²) in [5, 5.41) is 13.9. The van der Waals surface area contributed by atoms with Crippen molar-refractivity contribution in [2.24, 2.45) is 0 Å². The Morgan fingerprint density at radius 3 is 2.33 bits per heavy atom. The second kappa shape index (κ2) is 6.29. The second-order valence-corrected chi connectivity index (χ2v) is 7.56. The SMILES string of the molecule is CC(Sc1nn[nH]n1)C(=O)N1c2ccccc2Sc2ccccc21. The summed E-state index contributed by atoms with van der Waals surface area (Å²) in [6, 6.07) is 15.9. The van der Waals surface area contributed by atoms with Gasteiger partial charge in [0.15, 0.2) is 0 Å².